The molecular weight excluding hydrogens is 426 g/mol. The summed E-state index contributed by atoms with van der Waals surface area (Å²) >= 11 is 1.84. The minimum atomic E-state index is -3.66. The fraction of sp³-hybridized carbons (Fsp3) is 0.300. The third-order valence-corrected chi connectivity index (χ3v) is 6.57. The fourth-order valence-corrected chi connectivity index (χ4v) is 4.06. The van der Waals surface area contributed by atoms with Crippen LogP contribution in [0.3, 0.4) is 0 Å². The lowest BCUT2D eigenvalue weighted by atomic mass is 10.2. The molecule has 8 nitrogen and oxygen atoms in total. The summed E-state index contributed by atoms with van der Waals surface area (Å²) in [6.45, 7) is -0.398. The summed E-state index contributed by atoms with van der Waals surface area (Å²) < 4.78 is 36.2. The monoisotopic (exact) mass is 449 g/mol. The van der Waals surface area contributed by atoms with E-state index in [4.69, 9.17) is 9.47 Å². The van der Waals surface area contributed by atoms with E-state index < -0.39 is 22.5 Å². The van der Waals surface area contributed by atoms with Gasteiger partial charge in [0.2, 0.25) is 10.0 Å². The molecule has 0 unspecified atom stereocenters. The van der Waals surface area contributed by atoms with Crippen LogP contribution in [0.4, 0.5) is 5.69 Å². The highest BCUT2D eigenvalue weighted by Crippen LogP contribution is 2.24. The molecular formula is C20H23N3O5S2. The van der Waals surface area contributed by atoms with Crippen LogP contribution in [-0.4, -0.2) is 58.1 Å². The molecule has 1 aliphatic heterocycles. The van der Waals surface area contributed by atoms with E-state index in [0.29, 0.717) is 11.4 Å². The first kappa shape index (κ1) is 22.0. The van der Waals surface area contributed by atoms with Crippen LogP contribution in [0.1, 0.15) is 5.56 Å². The summed E-state index contributed by atoms with van der Waals surface area (Å²) in [5.74, 6) is 2.74. The van der Waals surface area contributed by atoms with Crippen molar-refractivity contribution in [1.29, 1.82) is 0 Å². The van der Waals surface area contributed by atoms with E-state index in [1.807, 2.05) is 36.0 Å². The summed E-state index contributed by atoms with van der Waals surface area (Å²) in [5, 5.41) is 3.93. The molecule has 1 N–H and O–H groups in total. The van der Waals surface area contributed by atoms with Gasteiger partial charge in [0.25, 0.3) is 5.91 Å². The van der Waals surface area contributed by atoms with Crippen molar-refractivity contribution in [3.05, 3.63) is 54.1 Å². The fourth-order valence-electron chi connectivity index (χ4n) is 2.64. The lowest BCUT2D eigenvalue weighted by molar-refractivity contribution is -0.119. The minimum absolute atomic E-state index is 0.238. The van der Waals surface area contributed by atoms with Crippen molar-refractivity contribution >= 4 is 39.6 Å². The van der Waals surface area contributed by atoms with Gasteiger partial charge in [-0.3, -0.25) is 9.10 Å². The Hall–Kier alpha value is -2.72. The second-order valence-electron chi connectivity index (χ2n) is 6.61. The van der Waals surface area contributed by atoms with Crippen LogP contribution in [0.5, 0.6) is 11.5 Å². The van der Waals surface area contributed by atoms with Gasteiger partial charge in [0, 0.05) is 11.5 Å². The van der Waals surface area contributed by atoms with Crippen LogP contribution in [0.25, 0.3) is 0 Å². The second-order valence-corrected chi connectivity index (χ2v) is 9.59. The van der Waals surface area contributed by atoms with E-state index in [1.165, 1.54) is 13.3 Å². The van der Waals surface area contributed by atoms with Crippen LogP contribution in [-0.2, 0) is 14.8 Å². The Labute approximate surface area is 180 Å². The molecule has 0 atom stereocenters. The lowest BCUT2D eigenvalue weighted by Gasteiger charge is -2.25. The Kier molecular flexibility index (Phi) is 7.22. The Bertz CT molecular complexity index is 1010. The highest BCUT2D eigenvalue weighted by molar-refractivity contribution is 8.00. The van der Waals surface area contributed by atoms with Crippen LogP contribution in [0.2, 0.25) is 0 Å². The predicted octanol–water partition coefficient (Wildman–Crippen LogP) is 2.11. The molecule has 2 aromatic rings. The molecule has 0 bridgehead atoms. The minimum Gasteiger partial charge on any atom is -0.497 e. The van der Waals surface area contributed by atoms with Crippen LogP contribution in [0, 0.1) is 0 Å². The van der Waals surface area contributed by atoms with Gasteiger partial charge in [-0.15, -0.1) is 0 Å². The van der Waals surface area contributed by atoms with E-state index in [1.54, 1.807) is 24.3 Å². The first-order chi connectivity index (χ1) is 14.3. The molecule has 0 aromatic heterocycles. The molecule has 160 valence electrons. The van der Waals surface area contributed by atoms with Gasteiger partial charge in [-0.1, -0.05) is 12.1 Å². The number of amides is 1. The summed E-state index contributed by atoms with van der Waals surface area (Å²) in [7, 11) is -2.15. The molecule has 1 fully saturated rings. The van der Waals surface area contributed by atoms with E-state index in [2.05, 4.69) is 10.5 Å². The first-order valence-electron chi connectivity index (χ1n) is 9.13. The quantitative estimate of drug-likeness (QED) is 0.465. The molecule has 1 heterocycles. The number of hydrogen-bond donors (Lipinski definition) is 1. The lowest BCUT2D eigenvalue weighted by Crippen LogP contribution is -2.39. The average Bonchev–Trinajstić information content (AvgIpc) is 2.69. The van der Waals surface area contributed by atoms with Crippen molar-refractivity contribution in [3.8, 4) is 11.5 Å². The summed E-state index contributed by atoms with van der Waals surface area (Å²) in [6.07, 6.45) is 2.76. The third-order valence-electron chi connectivity index (χ3n) is 4.22. The van der Waals surface area contributed by atoms with Crippen LogP contribution < -0.4 is 19.2 Å². The number of sulfonamides is 1. The smallest absolute Gasteiger partial charge is 0.260 e. The number of anilines is 1. The Morgan fingerprint density at radius 3 is 2.57 bits per heavy atom. The number of thioether (sulfide) groups is 1. The van der Waals surface area contributed by atoms with Crippen LogP contribution >= 0.6 is 11.8 Å². The maximum atomic E-state index is 12.3. The molecule has 0 saturated carbocycles. The van der Waals surface area contributed by atoms with Gasteiger partial charge in [0.05, 0.1) is 25.3 Å². The number of methoxy groups -OCH3 is 1. The topological polar surface area (TPSA) is 97.3 Å². The Balaban J connectivity index is 1.60. The molecule has 0 aliphatic carbocycles. The number of nitrogens with one attached hydrogen (secondary N) is 1. The second kappa shape index (κ2) is 9.86. The van der Waals surface area contributed by atoms with Gasteiger partial charge >= 0.3 is 0 Å². The number of carbonyl (C=O) groups excluding carboxylic acids is 1. The van der Waals surface area contributed by atoms with E-state index in [-0.39, 0.29) is 6.10 Å². The highest BCUT2D eigenvalue weighted by Gasteiger charge is 2.21. The number of benzene rings is 2. The summed E-state index contributed by atoms with van der Waals surface area (Å²) in [5.41, 5.74) is 3.48. The standard InChI is InChI=1S/C20H23N3O5S2/c1-27-17-8-6-16(7-9-17)23(30(2,25)26)12-20(24)22-21-11-15-4-3-5-18(10-15)28-19-13-29-14-19/h3-11,19H,12-14H2,1-2H3,(H,22,24)/b21-11-. The van der Waals surface area contributed by atoms with Gasteiger partial charge in [0.15, 0.2) is 0 Å². The van der Waals surface area contributed by atoms with Crippen molar-refractivity contribution in [2.45, 2.75) is 6.10 Å². The van der Waals surface area contributed by atoms with E-state index in [0.717, 1.165) is 33.4 Å². The predicted molar refractivity (Wildman–Crippen MR) is 119 cm³/mol. The molecule has 30 heavy (non-hydrogen) atoms. The number of rotatable bonds is 9. The van der Waals surface area contributed by atoms with Gasteiger partial charge in [-0.05, 0) is 42.0 Å². The van der Waals surface area contributed by atoms with Gasteiger partial charge in [-0.25, -0.2) is 13.8 Å². The number of nitrogens with zero attached hydrogens (tertiary/aromatic N) is 2. The summed E-state index contributed by atoms with van der Waals surface area (Å²) in [6, 6.07) is 13.8. The highest BCUT2D eigenvalue weighted by atomic mass is 32.2. The van der Waals surface area contributed by atoms with Crippen molar-refractivity contribution in [3.63, 3.8) is 0 Å². The molecule has 2 aromatic carbocycles. The van der Waals surface area contributed by atoms with Gasteiger partial charge < -0.3 is 9.47 Å². The zero-order chi connectivity index (χ0) is 21.6. The van der Waals surface area contributed by atoms with Crippen molar-refractivity contribution in [2.75, 3.05) is 35.7 Å². The van der Waals surface area contributed by atoms with Crippen molar-refractivity contribution < 1.29 is 22.7 Å². The van der Waals surface area contributed by atoms with Crippen LogP contribution in [0.15, 0.2) is 53.6 Å². The Morgan fingerprint density at radius 2 is 1.97 bits per heavy atom. The number of hydrazone groups is 1. The largest absolute Gasteiger partial charge is 0.497 e. The Morgan fingerprint density at radius 1 is 1.23 bits per heavy atom. The normalized spacial score (nSPS) is 14.2. The maximum Gasteiger partial charge on any atom is 0.260 e. The zero-order valence-corrected chi connectivity index (χ0v) is 18.3. The zero-order valence-electron chi connectivity index (χ0n) is 16.6. The molecule has 1 saturated heterocycles. The van der Waals surface area contributed by atoms with Gasteiger partial charge in [-0.2, -0.15) is 16.9 Å². The SMILES string of the molecule is COc1ccc(N(CC(=O)N/N=C\c2cccc(OC3CSC3)c2)S(C)(=O)=O)cc1. The van der Waals surface area contributed by atoms with E-state index >= 15 is 0 Å². The molecule has 10 heteroatoms. The first-order valence-corrected chi connectivity index (χ1v) is 12.1. The number of ether oxygens (including phenoxy) is 2. The number of carbonyl (C=O) groups is 1. The third kappa shape index (κ3) is 6.14. The molecule has 3 rings (SSSR count). The van der Waals surface area contributed by atoms with Gasteiger partial charge in [0.1, 0.15) is 24.1 Å². The van der Waals surface area contributed by atoms with Crippen molar-refractivity contribution in [2.24, 2.45) is 5.10 Å². The molecule has 0 spiro atoms. The number of hydrogen-bond acceptors (Lipinski definition) is 7. The molecule has 1 aliphatic rings. The summed E-state index contributed by atoms with van der Waals surface area (Å²) in [4.78, 5) is 12.3. The maximum absolute atomic E-state index is 12.3. The van der Waals surface area contributed by atoms with E-state index in [9.17, 15) is 13.2 Å². The van der Waals surface area contributed by atoms with Crippen molar-refractivity contribution in [1.82, 2.24) is 5.43 Å². The average molecular weight is 450 g/mol. The molecule has 1 amide bonds. The molecule has 0 radical (unpaired) electrons.